The largest absolute Gasteiger partial charge is 0.262 e. The summed E-state index contributed by atoms with van der Waals surface area (Å²) in [5.41, 5.74) is 0. The first-order valence-electron chi connectivity index (χ1n) is 2.81. The van der Waals surface area contributed by atoms with Gasteiger partial charge in [-0.2, -0.15) is 0 Å². The highest BCUT2D eigenvalue weighted by Crippen LogP contribution is 2.22. The standard InChI is InChI=1S/C6H3ClFIO2S/c7-12(10,11)6-2-1-4(8)3-5(6)9/h1-3H. The Morgan fingerprint density at radius 2 is 2.00 bits per heavy atom. The monoisotopic (exact) mass is 320 g/mol. The molecule has 0 spiro atoms. The summed E-state index contributed by atoms with van der Waals surface area (Å²) in [6.07, 6.45) is 0. The summed E-state index contributed by atoms with van der Waals surface area (Å²) in [6, 6.07) is 3.30. The van der Waals surface area contributed by atoms with Gasteiger partial charge in [0.15, 0.2) is 0 Å². The Kier molecular flexibility index (Phi) is 2.95. The van der Waals surface area contributed by atoms with Crippen LogP contribution in [0.3, 0.4) is 0 Å². The minimum atomic E-state index is -3.75. The van der Waals surface area contributed by atoms with Gasteiger partial charge < -0.3 is 0 Å². The lowest BCUT2D eigenvalue weighted by Gasteiger charge is -1.98. The molecule has 0 bridgehead atoms. The average molecular weight is 321 g/mol. The van der Waals surface area contributed by atoms with Crippen LogP contribution in [0, 0.1) is 9.39 Å². The molecule has 2 nitrogen and oxygen atoms in total. The smallest absolute Gasteiger partial charge is 0.207 e. The third-order valence-corrected chi connectivity index (χ3v) is 3.80. The predicted molar refractivity (Wildman–Crippen MR) is 52.2 cm³/mol. The van der Waals surface area contributed by atoms with E-state index in [4.69, 9.17) is 10.7 Å². The van der Waals surface area contributed by atoms with Gasteiger partial charge in [-0.1, -0.05) is 0 Å². The van der Waals surface area contributed by atoms with Crippen LogP contribution in [0.1, 0.15) is 0 Å². The zero-order valence-corrected chi connectivity index (χ0v) is 9.32. The molecule has 0 fully saturated rings. The van der Waals surface area contributed by atoms with E-state index in [1.807, 2.05) is 0 Å². The molecule has 0 saturated heterocycles. The van der Waals surface area contributed by atoms with Crippen LogP contribution in [0.2, 0.25) is 0 Å². The molecule has 0 aliphatic carbocycles. The van der Waals surface area contributed by atoms with Gasteiger partial charge in [-0.3, -0.25) is 0 Å². The second-order valence-corrected chi connectivity index (χ2v) is 5.71. The summed E-state index contributed by atoms with van der Waals surface area (Å²) in [4.78, 5) is -0.0637. The average Bonchev–Trinajstić information content (AvgIpc) is 1.83. The molecule has 0 amide bonds. The topological polar surface area (TPSA) is 34.1 Å². The van der Waals surface area contributed by atoms with E-state index < -0.39 is 14.9 Å². The predicted octanol–water partition coefficient (Wildman–Crippen LogP) is 2.36. The van der Waals surface area contributed by atoms with Crippen molar-refractivity contribution in [3.8, 4) is 0 Å². The zero-order chi connectivity index (χ0) is 9.35. The molecule has 1 aromatic carbocycles. The first kappa shape index (κ1) is 10.2. The second-order valence-electron chi connectivity index (χ2n) is 2.01. The first-order chi connectivity index (χ1) is 5.41. The molecule has 0 aliphatic heterocycles. The van der Waals surface area contributed by atoms with Crippen LogP contribution in [-0.4, -0.2) is 8.42 Å². The summed E-state index contributed by atoms with van der Waals surface area (Å²) >= 11 is 1.71. The van der Waals surface area contributed by atoms with Gasteiger partial charge in [0.05, 0.1) is 4.90 Å². The van der Waals surface area contributed by atoms with Crippen molar-refractivity contribution in [1.29, 1.82) is 0 Å². The van der Waals surface area contributed by atoms with Crippen LogP contribution in [0.4, 0.5) is 4.39 Å². The summed E-state index contributed by atoms with van der Waals surface area (Å²) in [5, 5.41) is 0. The summed E-state index contributed by atoms with van der Waals surface area (Å²) in [7, 11) is 1.31. The lowest BCUT2D eigenvalue weighted by atomic mass is 10.3. The lowest BCUT2D eigenvalue weighted by Crippen LogP contribution is -1.94. The summed E-state index contributed by atoms with van der Waals surface area (Å²) in [5.74, 6) is -0.483. The van der Waals surface area contributed by atoms with Crippen molar-refractivity contribution < 1.29 is 12.8 Å². The minimum absolute atomic E-state index is 0.0637. The van der Waals surface area contributed by atoms with E-state index in [1.165, 1.54) is 0 Å². The summed E-state index contributed by atoms with van der Waals surface area (Å²) < 4.78 is 34.4. The number of hydrogen-bond donors (Lipinski definition) is 0. The molecule has 66 valence electrons. The van der Waals surface area contributed by atoms with Crippen molar-refractivity contribution in [1.82, 2.24) is 0 Å². The Bertz CT molecular complexity index is 404. The van der Waals surface area contributed by atoms with E-state index >= 15 is 0 Å². The molecule has 1 rings (SSSR count). The highest BCUT2D eigenvalue weighted by Gasteiger charge is 2.13. The van der Waals surface area contributed by atoms with Gasteiger partial charge in [0.1, 0.15) is 5.82 Å². The maximum Gasteiger partial charge on any atom is 0.262 e. The number of benzene rings is 1. The van der Waals surface area contributed by atoms with E-state index in [1.54, 1.807) is 22.6 Å². The van der Waals surface area contributed by atoms with E-state index in [-0.39, 0.29) is 8.47 Å². The molecule has 0 aromatic heterocycles. The Morgan fingerprint density at radius 3 is 2.42 bits per heavy atom. The fourth-order valence-electron chi connectivity index (χ4n) is 0.673. The van der Waals surface area contributed by atoms with Crippen molar-refractivity contribution in [3.63, 3.8) is 0 Å². The molecule has 0 heterocycles. The molecule has 12 heavy (non-hydrogen) atoms. The van der Waals surface area contributed by atoms with Crippen molar-refractivity contribution in [2.45, 2.75) is 4.90 Å². The third-order valence-electron chi connectivity index (χ3n) is 1.16. The van der Waals surface area contributed by atoms with Crippen molar-refractivity contribution in [2.75, 3.05) is 0 Å². The number of hydrogen-bond acceptors (Lipinski definition) is 2. The highest BCUT2D eigenvalue weighted by atomic mass is 127. The quantitative estimate of drug-likeness (QED) is 0.588. The zero-order valence-electron chi connectivity index (χ0n) is 5.59. The molecular formula is C6H3ClFIO2S. The molecule has 6 heteroatoms. The molecule has 0 radical (unpaired) electrons. The summed E-state index contributed by atoms with van der Waals surface area (Å²) in [6.45, 7) is 0. The van der Waals surface area contributed by atoms with Crippen LogP contribution in [0.5, 0.6) is 0 Å². The minimum Gasteiger partial charge on any atom is -0.207 e. The Labute approximate surface area is 87.3 Å². The first-order valence-corrected chi connectivity index (χ1v) is 6.20. The van der Waals surface area contributed by atoms with Crippen LogP contribution >= 0.6 is 33.3 Å². The van der Waals surface area contributed by atoms with Gasteiger partial charge in [-0.25, -0.2) is 12.8 Å². The number of halogens is 3. The van der Waals surface area contributed by atoms with Crippen LogP contribution in [0.15, 0.2) is 23.1 Å². The molecule has 0 saturated carbocycles. The third kappa shape index (κ3) is 2.30. The molecular weight excluding hydrogens is 317 g/mol. The van der Waals surface area contributed by atoms with Crippen molar-refractivity contribution in [3.05, 3.63) is 27.6 Å². The molecule has 0 N–H and O–H groups in total. The maximum atomic E-state index is 12.5. The molecule has 1 aromatic rings. The van der Waals surface area contributed by atoms with Gasteiger partial charge in [0, 0.05) is 14.3 Å². The van der Waals surface area contributed by atoms with Gasteiger partial charge >= 0.3 is 0 Å². The van der Waals surface area contributed by atoms with Gasteiger partial charge in [0.25, 0.3) is 9.05 Å². The molecule has 0 aliphatic rings. The van der Waals surface area contributed by atoms with Crippen LogP contribution in [-0.2, 0) is 9.05 Å². The fourth-order valence-corrected chi connectivity index (χ4v) is 3.34. The maximum absolute atomic E-state index is 12.5. The number of rotatable bonds is 1. The van der Waals surface area contributed by atoms with Gasteiger partial charge in [-0.05, 0) is 40.8 Å². The van der Waals surface area contributed by atoms with Gasteiger partial charge in [-0.15, -0.1) is 0 Å². The van der Waals surface area contributed by atoms with E-state index in [0.717, 1.165) is 18.2 Å². The van der Waals surface area contributed by atoms with E-state index in [9.17, 15) is 12.8 Å². The normalized spacial score (nSPS) is 11.6. The SMILES string of the molecule is O=S(=O)(Cl)c1ccc(F)cc1I. The van der Waals surface area contributed by atoms with E-state index in [0.29, 0.717) is 0 Å². The fraction of sp³-hybridized carbons (Fsp3) is 0. The van der Waals surface area contributed by atoms with Crippen molar-refractivity contribution in [2.24, 2.45) is 0 Å². The Hall–Kier alpha value is 0.120. The Balaban J connectivity index is 3.39. The van der Waals surface area contributed by atoms with Crippen molar-refractivity contribution >= 4 is 42.3 Å². The lowest BCUT2D eigenvalue weighted by molar-refractivity contribution is 0.606. The molecule has 0 unspecified atom stereocenters. The second kappa shape index (κ2) is 3.47. The van der Waals surface area contributed by atoms with Gasteiger partial charge in [0.2, 0.25) is 0 Å². The Morgan fingerprint density at radius 1 is 1.42 bits per heavy atom. The molecule has 0 atom stereocenters. The van der Waals surface area contributed by atoms with Crippen LogP contribution < -0.4 is 0 Å². The highest BCUT2D eigenvalue weighted by molar-refractivity contribution is 14.1. The van der Waals surface area contributed by atoms with E-state index in [2.05, 4.69) is 0 Å². The van der Waals surface area contributed by atoms with Crippen LogP contribution in [0.25, 0.3) is 0 Å².